The molecular formula is C19H17FN2O. The van der Waals surface area contributed by atoms with Crippen LogP contribution in [0.15, 0.2) is 48.5 Å². The van der Waals surface area contributed by atoms with Crippen LogP contribution < -0.4 is 4.90 Å². The molecule has 0 aliphatic carbocycles. The average molecular weight is 308 g/mol. The number of halogens is 1. The van der Waals surface area contributed by atoms with E-state index < -0.39 is 0 Å². The first kappa shape index (κ1) is 15.3. The number of hydrogen-bond donors (Lipinski definition) is 0. The van der Waals surface area contributed by atoms with E-state index in [9.17, 15) is 9.65 Å². The zero-order valence-corrected chi connectivity index (χ0v) is 12.7. The summed E-state index contributed by atoms with van der Waals surface area (Å²) in [5.41, 5.74) is 3.10. The summed E-state index contributed by atoms with van der Waals surface area (Å²) in [6.45, 7) is 3.28. The number of nitrogens with zero attached hydrogens (tertiary/aromatic N) is 2. The zero-order valence-electron chi connectivity index (χ0n) is 12.7. The standard InChI is InChI=1S/C19H17FN2O/c20-18-3-1-2-16(13-18)17(14-21)12-15-4-6-19(7-5-15)22-8-10-23-11-9-22/h1-7,12-13H,8-11H2/b17-12+. The first-order chi connectivity index (χ1) is 11.3. The first-order valence-corrected chi connectivity index (χ1v) is 7.57. The van der Waals surface area contributed by atoms with E-state index in [2.05, 4.69) is 11.0 Å². The number of ether oxygens (including phenoxy) is 1. The summed E-state index contributed by atoms with van der Waals surface area (Å²) in [6, 6.07) is 16.3. The van der Waals surface area contributed by atoms with Crippen molar-refractivity contribution in [2.24, 2.45) is 0 Å². The van der Waals surface area contributed by atoms with Crippen LogP contribution in [0.2, 0.25) is 0 Å². The molecule has 3 rings (SSSR count). The van der Waals surface area contributed by atoms with Crippen LogP contribution in [0.4, 0.5) is 10.1 Å². The van der Waals surface area contributed by atoms with Gasteiger partial charge in [0, 0.05) is 18.8 Å². The minimum absolute atomic E-state index is 0.341. The number of nitriles is 1. The van der Waals surface area contributed by atoms with Crippen molar-refractivity contribution in [3.05, 3.63) is 65.5 Å². The van der Waals surface area contributed by atoms with Crippen molar-refractivity contribution in [1.29, 1.82) is 5.26 Å². The van der Waals surface area contributed by atoms with Gasteiger partial charge in [-0.05, 0) is 41.5 Å². The molecule has 116 valence electrons. The summed E-state index contributed by atoms with van der Waals surface area (Å²) in [5, 5.41) is 9.33. The molecule has 0 atom stereocenters. The van der Waals surface area contributed by atoms with Crippen molar-refractivity contribution in [3.8, 4) is 6.07 Å². The Morgan fingerprint density at radius 2 is 1.87 bits per heavy atom. The predicted molar refractivity (Wildman–Crippen MR) is 89.4 cm³/mol. The van der Waals surface area contributed by atoms with Gasteiger partial charge in [0.05, 0.1) is 24.9 Å². The maximum atomic E-state index is 13.3. The van der Waals surface area contributed by atoms with Gasteiger partial charge < -0.3 is 9.64 Å². The van der Waals surface area contributed by atoms with Crippen LogP contribution >= 0.6 is 0 Å². The Bertz CT molecular complexity index is 741. The molecule has 0 aromatic heterocycles. The van der Waals surface area contributed by atoms with E-state index in [0.29, 0.717) is 11.1 Å². The highest BCUT2D eigenvalue weighted by Gasteiger charge is 2.10. The summed E-state index contributed by atoms with van der Waals surface area (Å²) in [5.74, 6) is -0.341. The molecule has 1 aliphatic rings. The van der Waals surface area contributed by atoms with Gasteiger partial charge >= 0.3 is 0 Å². The SMILES string of the molecule is N#C/C(=C\c1ccc(N2CCOCC2)cc1)c1cccc(F)c1. The molecule has 0 saturated carbocycles. The molecule has 2 aromatic rings. The molecule has 0 bridgehead atoms. The molecule has 0 unspecified atom stereocenters. The molecule has 0 radical (unpaired) electrons. The van der Waals surface area contributed by atoms with Gasteiger partial charge in [0.25, 0.3) is 0 Å². The van der Waals surface area contributed by atoms with Crippen LogP contribution in [0.3, 0.4) is 0 Å². The number of allylic oxidation sites excluding steroid dienone is 1. The number of anilines is 1. The Balaban J connectivity index is 1.82. The maximum Gasteiger partial charge on any atom is 0.123 e. The zero-order chi connectivity index (χ0) is 16.1. The number of hydrogen-bond acceptors (Lipinski definition) is 3. The Kier molecular flexibility index (Phi) is 4.70. The summed E-state index contributed by atoms with van der Waals surface area (Å²) >= 11 is 0. The van der Waals surface area contributed by atoms with E-state index in [1.165, 1.54) is 12.1 Å². The van der Waals surface area contributed by atoms with Gasteiger partial charge in [-0.15, -0.1) is 0 Å². The Labute approximate surface area is 135 Å². The van der Waals surface area contributed by atoms with E-state index in [0.717, 1.165) is 37.6 Å². The Hall–Kier alpha value is -2.64. The summed E-state index contributed by atoms with van der Waals surface area (Å²) in [6.07, 6.45) is 1.78. The largest absolute Gasteiger partial charge is 0.378 e. The fourth-order valence-electron chi connectivity index (χ4n) is 2.61. The minimum atomic E-state index is -0.341. The second-order valence-corrected chi connectivity index (χ2v) is 5.37. The second-order valence-electron chi connectivity index (χ2n) is 5.37. The highest BCUT2D eigenvalue weighted by molar-refractivity contribution is 5.89. The second kappa shape index (κ2) is 7.08. The van der Waals surface area contributed by atoms with E-state index in [-0.39, 0.29) is 5.82 Å². The van der Waals surface area contributed by atoms with Crippen LogP contribution in [0.5, 0.6) is 0 Å². The molecular weight excluding hydrogens is 291 g/mol. The molecule has 3 nitrogen and oxygen atoms in total. The third-order valence-corrected chi connectivity index (χ3v) is 3.84. The van der Waals surface area contributed by atoms with Crippen LogP contribution in [0, 0.1) is 17.1 Å². The molecule has 0 spiro atoms. The van der Waals surface area contributed by atoms with Crippen molar-refractivity contribution in [2.45, 2.75) is 0 Å². The lowest BCUT2D eigenvalue weighted by Gasteiger charge is -2.28. The van der Waals surface area contributed by atoms with Crippen LogP contribution in [-0.2, 0) is 4.74 Å². The van der Waals surface area contributed by atoms with Gasteiger partial charge in [0.1, 0.15) is 5.82 Å². The van der Waals surface area contributed by atoms with Crippen molar-refractivity contribution in [2.75, 3.05) is 31.2 Å². The monoisotopic (exact) mass is 308 g/mol. The van der Waals surface area contributed by atoms with Crippen molar-refractivity contribution >= 4 is 17.3 Å². The van der Waals surface area contributed by atoms with E-state index in [1.54, 1.807) is 18.2 Å². The van der Waals surface area contributed by atoms with Crippen molar-refractivity contribution in [3.63, 3.8) is 0 Å². The lowest BCUT2D eigenvalue weighted by molar-refractivity contribution is 0.122. The average Bonchev–Trinajstić information content (AvgIpc) is 2.61. The highest BCUT2D eigenvalue weighted by Crippen LogP contribution is 2.21. The third kappa shape index (κ3) is 3.77. The lowest BCUT2D eigenvalue weighted by Crippen LogP contribution is -2.36. The number of morpholine rings is 1. The predicted octanol–water partition coefficient (Wildman–Crippen LogP) is 3.73. The summed E-state index contributed by atoms with van der Waals surface area (Å²) in [7, 11) is 0. The summed E-state index contributed by atoms with van der Waals surface area (Å²) in [4.78, 5) is 2.27. The molecule has 23 heavy (non-hydrogen) atoms. The number of benzene rings is 2. The molecule has 0 N–H and O–H groups in total. The van der Waals surface area contributed by atoms with Gasteiger partial charge in [-0.2, -0.15) is 5.26 Å². The fourth-order valence-corrected chi connectivity index (χ4v) is 2.61. The summed E-state index contributed by atoms with van der Waals surface area (Å²) < 4.78 is 18.7. The van der Waals surface area contributed by atoms with E-state index >= 15 is 0 Å². The Morgan fingerprint density at radius 3 is 2.52 bits per heavy atom. The lowest BCUT2D eigenvalue weighted by atomic mass is 10.0. The quantitative estimate of drug-likeness (QED) is 0.640. The van der Waals surface area contributed by atoms with Crippen LogP contribution in [0.25, 0.3) is 11.6 Å². The number of rotatable bonds is 3. The van der Waals surface area contributed by atoms with Crippen molar-refractivity contribution in [1.82, 2.24) is 0 Å². The van der Waals surface area contributed by atoms with E-state index in [1.807, 2.05) is 24.3 Å². The van der Waals surface area contributed by atoms with Crippen molar-refractivity contribution < 1.29 is 9.13 Å². The normalized spacial score (nSPS) is 15.3. The van der Waals surface area contributed by atoms with Gasteiger partial charge in [0.15, 0.2) is 0 Å². The molecule has 1 heterocycles. The fraction of sp³-hybridized carbons (Fsp3) is 0.211. The van der Waals surface area contributed by atoms with Gasteiger partial charge in [0.2, 0.25) is 0 Å². The third-order valence-electron chi connectivity index (χ3n) is 3.84. The van der Waals surface area contributed by atoms with Crippen LogP contribution in [0.1, 0.15) is 11.1 Å². The molecule has 0 amide bonds. The minimum Gasteiger partial charge on any atom is -0.378 e. The Morgan fingerprint density at radius 1 is 1.13 bits per heavy atom. The molecule has 2 aromatic carbocycles. The van der Waals surface area contributed by atoms with Gasteiger partial charge in [-0.1, -0.05) is 24.3 Å². The topological polar surface area (TPSA) is 36.3 Å². The van der Waals surface area contributed by atoms with E-state index in [4.69, 9.17) is 4.74 Å². The smallest absolute Gasteiger partial charge is 0.123 e. The van der Waals surface area contributed by atoms with Gasteiger partial charge in [-0.25, -0.2) is 4.39 Å². The van der Waals surface area contributed by atoms with Gasteiger partial charge in [-0.3, -0.25) is 0 Å². The maximum absolute atomic E-state index is 13.3. The molecule has 4 heteroatoms. The molecule has 1 fully saturated rings. The molecule has 1 aliphatic heterocycles. The first-order valence-electron chi connectivity index (χ1n) is 7.57. The van der Waals surface area contributed by atoms with Crippen LogP contribution in [-0.4, -0.2) is 26.3 Å². The highest BCUT2D eigenvalue weighted by atomic mass is 19.1. The molecule has 1 saturated heterocycles.